The average molecular weight is 509 g/mol. The molecule has 1 fully saturated rings. The van der Waals surface area contributed by atoms with E-state index in [-0.39, 0.29) is 18.8 Å². The summed E-state index contributed by atoms with van der Waals surface area (Å²) in [7, 11) is 1.71. The number of aryl methyl sites for hydroxylation is 1. The number of morpholine rings is 1. The van der Waals surface area contributed by atoms with E-state index in [1.807, 2.05) is 24.3 Å². The molecule has 0 atom stereocenters. The van der Waals surface area contributed by atoms with Gasteiger partial charge < -0.3 is 15.2 Å². The van der Waals surface area contributed by atoms with Gasteiger partial charge in [-0.3, -0.25) is 19.2 Å². The van der Waals surface area contributed by atoms with Gasteiger partial charge in [0.15, 0.2) is 5.69 Å². The minimum atomic E-state index is -0.540. The van der Waals surface area contributed by atoms with Crippen LogP contribution in [-0.4, -0.2) is 58.6 Å². The molecule has 0 spiro atoms. The number of nitrogens with one attached hydrogen (secondary N) is 1. The van der Waals surface area contributed by atoms with Gasteiger partial charge in [-0.05, 0) is 41.8 Å². The number of nitrogens with zero attached hydrogens (tertiary/aromatic N) is 3. The molecule has 4 rings (SSSR count). The highest BCUT2D eigenvalue weighted by Crippen LogP contribution is 2.20. The number of aliphatic hydroxyl groups excluding tert-OH is 1. The Kier molecular flexibility index (Phi) is 8.73. The van der Waals surface area contributed by atoms with Crippen molar-refractivity contribution < 1.29 is 14.6 Å². The molecule has 188 valence electrons. The number of hydrogen-bond donors (Lipinski definition) is 2. The molecule has 1 amide bonds. The maximum Gasteiger partial charge on any atom is 0.276 e. The monoisotopic (exact) mass is 508 g/mol. The molecule has 0 unspecified atom stereocenters. The molecule has 0 bridgehead atoms. The van der Waals surface area contributed by atoms with E-state index in [1.165, 1.54) is 0 Å². The van der Waals surface area contributed by atoms with E-state index < -0.39 is 11.3 Å². The van der Waals surface area contributed by atoms with Crippen molar-refractivity contribution in [3.8, 4) is 11.8 Å². The van der Waals surface area contributed by atoms with Crippen LogP contribution in [0.1, 0.15) is 40.0 Å². The molecule has 2 N–H and O–H groups in total. The number of hydrogen-bond acceptors (Lipinski definition) is 6. The van der Waals surface area contributed by atoms with E-state index in [4.69, 9.17) is 21.4 Å². The Morgan fingerprint density at radius 2 is 1.94 bits per heavy atom. The molecule has 3 aromatic rings. The predicted octanol–water partition coefficient (Wildman–Crippen LogP) is 2.47. The average Bonchev–Trinajstić information content (AvgIpc) is 2.88. The van der Waals surface area contributed by atoms with Crippen LogP contribution >= 0.6 is 11.6 Å². The fraction of sp³-hybridized carbons (Fsp3) is 0.370. The Hall–Kier alpha value is -3.22. The van der Waals surface area contributed by atoms with Crippen molar-refractivity contribution in [1.82, 2.24) is 20.0 Å². The molecule has 8 nitrogen and oxygen atoms in total. The molecule has 0 aliphatic carbocycles. The molecule has 9 heteroatoms. The van der Waals surface area contributed by atoms with Crippen LogP contribution in [0.3, 0.4) is 0 Å². The van der Waals surface area contributed by atoms with Gasteiger partial charge in [0.05, 0.1) is 29.7 Å². The summed E-state index contributed by atoms with van der Waals surface area (Å²) in [5, 5.41) is 17.2. The Morgan fingerprint density at radius 1 is 1.19 bits per heavy atom. The van der Waals surface area contributed by atoms with Crippen LogP contribution < -0.4 is 10.7 Å². The Labute approximate surface area is 214 Å². The number of carbonyl (C=O) groups is 1. The third-order valence-electron chi connectivity index (χ3n) is 5.98. The molecule has 1 aliphatic heterocycles. The summed E-state index contributed by atoms with van der Waals surface area (Å²) in [5.41, 5.74) is 2.45. The molecule has 1 saturated heterocycles. The van der Waals surface area contributed by atoms with Gasteiger partial charge in [0.1, 0.15) is 0 Å². The van der Waals surface area contributed by atoms with E-state index in [0.717, 1.165) is 24.2 Å². The molecule has 2 heterocycles. The van der Waals surface area contributed by atoms with Gasteiger partial charge in [0, 0.05) is 51.3 Å². The highest BCUT2D eigenvalue weighted by Gasteiger charge is 2.20. The van der Waals surface area contributed by atoms with Crippen molar-refractivity contribution >= 4 is 28.4 Å². The topological polar surface area (TPSA) is 96.7 Å². The summed E-state index contributed by atoms with van der Waals surface area (Å²) in [6.07, 6.45) is 1.12. The Balaban J connectivity index is 1.70. The fourth-order valence-electron chi connectivity index (χ4n) is 4.14. The Bertz CT molecular complexity index is 1350. The molecule has 0 radical (unpaired) electrons. The van der Waals surface area contributed by atoms with Crippen LogP contribution in [0.4, 0.5) is 0 Å². The van der Waals surface area contributed by atoms with Gasteiger partial charge >= 0.3 is 0 Å². The predicted molar refractivity (Wildman–Crippen MR) is 139 cm³/mol. The van der Waals surface area contributed by atoms with Crippen LogP contribution in [0.2, 0.25) is 5.02 Å². The first-order valence-corrected chi connectivity index (χ1v) is 12.3. The van der Waals surface area contributed by atoms with Gasteiger partial charge in [-0.15, -0.1) is 0 Å². The van der Waals surface area contributed by atoms with Crippen molar-refractivity contribution in [3.63, 3.8) is 0 Å². The first kappa shape index (κ1) is 25.9. The summed E-state index contributed by atoms with van der Waals surface area (Å²) in [6, 6.07) is 10.9. The van der Waals surface area contributed by atoms with E-state index in [0.29, 0.717) is 54.1 Å². The normalized spacial score (nSPS) is 13.9. The molecule has 1 aliphatic rings. The summed E-state index contributed by atoms with van der Waals surface area (Å²) in [5.74, 6) is 5.69. The van der Waals surface area contributed by atoms with Gasteiger partial charge in [-0.25, -0.2) is 0 Å². The van der Waals surface area contributed by atoms with Crippen molar-refractivity contribution in [2.24, 2.45) is 7.05 Å². The second-order valence-electron chi connectivity index (χ2n) is 8.67. The number of amides is 1. The van der Waals surface area contributed by atoms with Gasteiger partial charge in [-0.2, -0.15) is 5.10 Å². The van der Waals surface area contributed by atoms with Crippen molar-refractivity contribution in [2.75, 3.05) is 32.9 Å². The maximum absolute atomic E-state index is 13.5. The van der Waals surface area contributed by atoms with Crippen LogP contribution in [0, 0.1) is 11.8 Å². The van der Waals surface area contributed by atoms with Crippen molar-refractivity contribution in [1.29, 1.82) is 0 Å². The first-order valence-electron chi connectivity index (χ1n) is 11.9. The fourth-order valence-corrected chi connectivity index (χ4v) is 4.26. The Morgan fingerprint density at radius 3 is 2.67 bits per heavy atom. The second-order valence-corrected chi connectivity index (χ2v) is 9.10. The molecule has 0 saturated carbocycles. The maximum atomic E-state index is 13.5. The lowest BCUT2D eigenvalue weighted by Crippen LogP contribution is -2.35. The molecule has 36 heavy (non-hydrogen) atoms. The number of benzene rings is 2. The molecular formula is C27H29ClN4O4. The summed E-state index contributed by atoms with van der Waals surface area (Å²) < 4.78 is 6.99. The van der Waals surface area contributed by atoms with E-state index in [9.17, 15) is 9.59 Å². The van der Waals surface area contributed by atoms with Crippen molar-refractivity contribution in [2.45, 2.75) is 25.9 Å². The third kappa shape index (κ3) is 6.31. The van der Waals surface area contributed by atoms with E-state index in [2.05, 4.69) is 27.2 Å². The number of carbonyl (C=O) groups excluding carboxylic acids is 1. The van der Waals surface area contributed by atoms with Gasteiger partial charge in [0.25, 0.3) is 5.91 Å². The highest BCUT2D eigenvalue weighted by molar-refractivity contribution is 6.30. The number of fused-ring (bicyclic) bond motifs is 1. The zero-order chi connectivity index (χ0) is 25.5. The van der Waals surface area contributed by atoms with Crippen LogP contribution in [0.25, 0.3) is 10.9 Å². The standard InChI is InChI=1S/C27H29ClN4O4/c1-31-25-21(5-3-2-4-12-33)15-20(18-32-10-13-36-14-11-32)16-23(25)26(34)24(30-31)27(35)29-17-19-6-8-22(28)9-7-19/h6-9,15-16,33H,2,4,10-14,17-18H2,1H3,(H,29,35). The quantitative estimate of drug-likeness (QED) is 0.376. The van der Waals surface area contributed by atoms with Gasteiger partial charge in [0.2, 0.25) is 5.43 Å². The SMILES string of the molecule is Cn1nc(C(=O)NCc2ccc(Cl)cc2)c(=O)c2cc(CN3CCOCC3)cc(C#CCCCO)c21. The lowest BCUT2D eigenvalue weighted by molar-refractivity contribution is 0.0342. The van der Waals surface area contributed by atoms with E-state index in [1.54, 1.807) is 23.9 Å². The zero-order valence-corrected chi connectivity index (χ0v) is 21.0. The van der Waals surface area contributed by atoms with E-state index >= 15 is 0 Å². The molecule has 2 aromatic carbocycles. The highest BCUT2D eigenvalue weighted by atomic mass is 35.5. The first-order chi connectivity index (χ1) is 17.5. The van der Waals surface area contributed by atoms with Crippen LogP contribution in [-0.2, 0) is 24.9 Å². The van der Waals surface area contributed by atoms with Crippen LogP contribution in [0.15, 0.2) is 41.2 Å². The summed E-state index contributed by atoms with van der Waals surface area (Å²) in [6.45, 7) is 3.92. The van der Waals surface area contributed by atoms with Crippen LogP contribution in [0.5, 0.6) is 0 Å². The number of rotatable bonds is 7. The number of ether oxygens (including phenoxy) is 1. The minimum Gasteiger partial charge on any atom is -0.396 e. The zero-order valence-electron chi connectivity index (χ0n) is 20.2. The smallest absolute Gasteiger partial charge is 0.276 e. The van der Waals surface area contributed by atoms with Gasteiger partial charge in [-0.1, -0.05) is 35.6 Å². The summed E-state index contributed by atoms with van der Waals surface area (Å²) in [4.78, 5) is 28.7. The number of halogens is 1. The minimum absolute atomic E-state index is 0.0705. The molecular weight excluding hydrogens is 480 g/mol. The third-order valence-corrected chi connectivity index (χ3v) is 6.23. The lowest BCUT2D eigenvalue weighted by Gasteiger charge is -2.26. The number of aromatic nitrogens is 2. The van der Waals surface area contributed by atoms with Crippen molar-refractivity contribution in [3.05, 3.63) is 74.0 Å². The molecule has 1 aromatic heterocycles. The summed E-state index contributed by atoms with van der Waals surface area (Å²) >= 11 is 5.93. The number of unbranched alkanes of at least 4 members (excludes halogenated alkanes) is 1. The lowest BCUT2D eigenvalue weighted by atomic mass is 10.0. The second kappa shape index (κ2) is 12.2. The number of aliphatic hydroxyl groups is 1. The largest absolute Gasteiger partial charge is 0.396 e.